The van der Waals surface area contributed by atoms with Crippen LogP contribution in [0.5, 0.6) is 0 Å². The molecule has 0 aliphatic rings. The van der Waals surface area contributed by atoms with Crippen molar-refractivity contribution in [3.05, 3.63) is 53.2 Å². The van der Waals surface area contributed by atoms with Crippen LogP contribution >= 0.6 is 36.4 Å². The first-order chi connectivity index (χ1) is 7.31. The topological polar surface area (TPSA) is 38.9 Å². The molecule has 0 spiro atoms. The van der Waals surface area contributed by atoms with Gasteiger partial charge in [-0.1, -0.05) is 29.8 Å². The number of hydrogen-bond donors (Lipinski definition) is 1. The summed E-state index contributed by atoms with van der Waals surface area (Å²) in [5.74, 6) is 0. The Morgan fingerprint density at radius 1 is 1.12 bits per heavy atom. The quantitative estimate of drug-likeness (QED) is 0.916. The molecule has 5 heteroatoms. The zero-order valence-corrected chi connectivity index (χ0v) is 11.4. The lowest BCUT2D eigenvalue weighted by atomic mass is 10.1. The predicted octanol–water partition coefficient (Wildman–Crippen LogP) is 3.70. The Morgan fingerprint density at radius 2 is 1.82 bits per heavy atom. The van der Waals surface area contributed by atoms with Crippen molar-refractivity contribution in [3.63, 3.8) is 0 Å². The maximum atomic E-state index is 6.08. The van der Waals surface area contributed by atoms with E-state index in [2.05, 4.69) is 4.98 Å². The predicted molar refractivity (Wildman–Crippen MR) is 77.1 cm³/mol. The van der Waals surface area contributed by atoms with Crippen molar-refractivity contribution in [1.82, 2.24) is 4.98 Å². The summed E-state index contributed by atoms with van der Waals surface area (Å²) in [5.41, 5.74) is 8.43. The van der Waals surface area contributed by atoms with Crippen LogP contribution in [0.2, 0.25) is 5.02 Å². The summed E-state index contributed by atoms with van der Waals surface area (Å²) < 4.78 is 0. The summed E-state index contributed by atoms with van der Waals surface area (Å²) in [5, 5.41) is 0.708. The molecule has 17 heavy (non-hydrogen) atoms. The maximum absolute atomic E-state index is 6.08. The standard InChI is InChI=1S/C12H11ClN2.2ClH/c13-11-4-2-1-3-10(11)12-7-9(8-14)5-6-15-12;;/h1-7H,8,14H2;2*1H. The number of nitrogens with two attached hydrogens (primary N) is 1. The number of pyridine rings is 1. The van der Waals surface area contributed by atoms with Crippen LogP contribution in [0.4, 0.5) is 0 Å². The Kier molecular flexibility index (Phi) is 7.16. The van der Waals surface area contributed by atoms with Gasteiger partial charge in [0.25, 0.3) is 0 Å². The molecule has 0 aliphatic carbocycles. The van der Waals surface area contributed by atoms with E-state index in [-0.39, 0.29) is 24.8 Å². The summed E-state index contributed by atoms with van der Waals surface area (Å²) in [6.45, 7) is 0.514. The van der Waals surface area contributed by atoms with Crippen LogP contribution in [0.15, 0.2) is 42.6 Å². The molecular weight excluding hydrogens is 279 g/mol. The molecule has 0 amide bonds. The molecule has 2 N–H and O–H groups in total. The van der Waals surface area contributed by atoms with Crippen LogP contribution in [0.1, 0.15) is 5.56 Å². The normalized spacial score (nSPS) is 9.06. The lowest BCUT2D eigenvalue weighted by Gasteiger charge is -2.04. The van der Waals surface area contributed by atoms with Crippen molar-refractivity contribution in [2.24, 2.45) is 5.73 Å². The molecular formula is C12H13Cl3N2. The van der Waals surface area contributed by atoms with Gasteiger partial charge in [-0.05, 0) is 23.8 Å². The molecule has 92 valence electrons. The van der Waals surface area contributed by atoms with Gasteiger partial charge in [-0.15, -0.1) is 24.8 Å². The minimum absolute atomic E-state index is 0. The monoisotopic (exact) mass is 290 g/mol. The van der Waals surface area contributed by atoms with E-state index in [0.29, 0.717) is 11.6 Å². The molecule has 0 fully saturated rings. The van der Waals surface area contributed by atoms with Gasteiger partial charge in [-0.25, -0.2) is 0 Å². The zero-order valence-electron chi connectivity index (χ0n) is 8.97. The second-order valence-electron chi connectivity index (χ2n) is 3.23. The molecule has 0 aliphatic heterocycles. The fourth-order valence-electron chi connectivity index (χ4n) is 1.42. The molecule has 0 saturated heterocycles. The summed E-state index contributed by atoms with van der Waals surface area (Å²) in [6, 6.07) is 11.5. The molecule has 0 radical (unpaired) electrons. The molecule has 2 aromatic rings. The van der Waals surface area contributed by atoms with Crippen molar-refractivity contribution in [2.75, 3.05) is 0 Å². The van der Waals surface area contributed by atoms with Gasteiger partial charge in [0.05, 0.1) is 5.69 Å². The van der Waals surface area contributed by atoms with Gasteiger partial charge in [0.15, 0.2) is 0 Å². The fourth-order valence-corrected chi connectivity index (χ4v) is 1.65. The minimum atomic E-state index is 0. The van der Waals surface area contributed by atoms with Gasteiger partial charge < -0.3 is 5.73 Å². The number of nitrogens with zero attached hydrogens (tertiary/aromatic N) is 1. The highest BCUT2D eigenvalue weighted by molar-refractivity contribution is 6.33. The number of hydrogen-bond acceptors (Lipinski definition) is 2. The highest BCUT2D eigenvalue weighted by Crippen LogP contribution is 2.25. The van der Waals surface area contributed by atoms with Crippen LogP contribution in [0.3, 0.4) is 0 Å². The summed E-state index contributed by atoms with van der Waals surface area (Å²) >= 11 is 6.08. The first-order valence-corrected chi connectivity index (χ1v) is 5.09. The van der Waals surface area contributed by atoms with Gasteiger partial charge in [0.1, 0.15) is 0 Å². The molecule has 2 rings (SSSR count). The molecule has 1 aromatic carbocycles. The average molecular weight is 292 g/mol. The van der Waals surface area contributed by atoms with Gasteiger partial charge in [-0.2, -0.15) is 0 Å². The number of halogens is 3. The average Bonchev–Trinajstić information content (AvgIpc) is 2.30. The molecule has 0 saturated carbocycles. The summed E-state index contributed by atoms with van der Waals surface area (Å²) in [6.07, 6.45) is 1.75. The summed E-state index contributed by atoms with van der Waals surface area (Å²) in [4.78, 5) is 4.28. The molecule has 0 atom stereocenters. The Labute approximate surface area is 118 Å². The van der Waals surface area contributed by atoms with Gasteiger partial charge in [0.2, 0.25) is 0 Å². The lowest BCUT2D eigenvalue weighted by molar-refractivity contribution is 1.06. The SMILES string of the molecule is Cl.Cl.NCc1ccnc(-c2ccccc2Cl)c1. The first-order valence-electron chi connectivity index (χ1n) is 4.71. The first kappa shape index (κ1) is 16.2. The van der Waals surface area contributed by atoms with Gasteiger partial charge >= 0.3 is 0 Å². The van der Waals surface area contributed by atoms with E-state index in [0.717, 1.165) is 16.8 Å². The van der Waals surface area contributed by atoms with E-state index in [1.807, 2.05) is 36.4 Å². The highest BCUT2D eigenvalue weighted by atomic mass is 35.5. The zero-order chi connectivity index (χ0) is 10.7. The molecule has 1 heterocycles. The third kappa shape index (κ3) is 3.86. The number of benzene rings is 1. The maximum Gasteiger partial charge on any atom is 0.0720 e. The highest BCUT2D eigenvalue weighted by Gasteiger charge is 2.03. The number of rotatable bonds is 2. The molecule has 0 bridgehead atoms. The Balaban J connectivity index is 0.00000128. The van der Waals surface area contributed by atoms with E-state index in [4.69, 9.17) is 17.3 Å². The second-order valence-corrected chi connectivity index (χ2v) is 3.64. The number of aromatic nitrogens is 1. The van der Waals surface area contributed by atoms with Crippen molar-refractivity contribution in [2.45, 2.75) is 6.54 Å². The van der Waals surface area contributed by atoms with Crippen molar-refractivity contribution < 1.29 is 0 Å². The van der Waals surface area contributed by atoms with Gasteiger partial charge in [-0.3, -0.25) is 4.98 Å². The minimum Gasteiger partial charge on any atom is -0.326 e. The smallest absolute Gasteiger partial charge is 0.0720 e. The Morgan fingerprint density at radius 3 is 2.47 bits per heavy atom. The van der Waals surface area contributed by atoms with E-state index >= 15 is 0 Å². The van der Waals surface area contributed by atoms with E-state index < -0.39 is 0 Å². The van der Waals surface area contributed by atoms with Crippen molar-refractivity contribution >= 4 is 36.4 Å². The van der Waals surface area contributed by atoms with Crippen LogP contribution < -0.4 is 5.73 Å². The second kappa shape index (κ2) is 7.51. The van der Waals surface area contributed by atoms with Crippen LogP contribution in [-0.4, -0.2) is 4.98 Å². The largest absolute Gasteiger partial charge is 0.326 e. The molecule has 2 nitrogen and oxygen atoms in total. The Hall–Kier alpha value is -0.800. The van der Waals surface area contributed by atoms with E-state index in [1.54, 1.807) is 6.20 Å². The van der Waals surface area contributed by atoms with Crippen molar-refractivity contribution in [1.29, 1.82) is 0 Å². The van der Waals surface area contributed by atoms with Gasteiger partial charge in [0, 0.05) is 23.3 Å². The Bertz CT molecular complexity index is 475. The third-order valence-corrected chi connectivity index (χ3v) is 2.54. The van der Waals surface area contributed by atoms with E-state index in [9.17, 15) is 0 Å². The molecule has 0 unspecified atom stereocenters. The van der Waals surface area contributed by atoms with E-state index in [1.165, 1.54) is 0 Å². The summed E-state index contributed by atoms with van der Waals surface area (Å²) in [7, 11) is 0. The van der Waals surface area contributed by atoms with Crippen LogP contribution in [0, 0.1) is 0 Å². The molecule has 1 aromatic heterocycles. The van der Waals surface area contributed by atoms with Crippen molar-refractivity contribution in [3.8, 4) is 11.3 Å². The van der Waals surface area contributed by atoms with Crippen LogP contribution in [0.25, 0.3) is 11.3 Å². The third-order valence-electron chi connectivity index (χ3n) is 2.21. The van der Waals surface area contributed by atoms with Crippen LogP contribution in [-0.2, 0) is 6.54 Å². The fraction of sp³-hybridized carbons (Fsp3) is 0.0833. The lowest BCUT2D eigenvalue weighted by Crippen LogP contribution is -1.97.